The topological polar surface area (TPSA) is 66.4 Å². The fourth-order valence-electron chi connectivity index (χ4n) is 1.52. The minimum absolute atomic E-state index is 0.166. The van der Waals surface area contributed by atoms with Gasteiger partial charge in [0.15, 0.2) is 6.04 Å². The predicted molar refractivity (Wildman–Crippen MR) is 52.0 cm³/mol. The van der Waals surface area contributed by atoms with Crippen molar-refractivity contribution in [2.45, 2.75) is 25.3 Å². The van der Waals surface area contributed by atoms with Crippen molar-refractivity contribution in [3.63, 3.8) is 0 Å². The molecule has 0 saturated heterocycles. The molecule has 2 atom stereocenters. The quantitative estimate of drug-likeness (QED) is 0.669. The molecule has 5 heteroatoms. The summed E-state index contributed by atoms with van der Waals surface area (Å²) >= 11 is 0. The minimum atomic E-state index is -1.41. The highest BCUT2D eigenvalue weighted by Gasteiger charge is 2.21. The van der Waals surface area contributed by atoms with Gasteiger partial charge in [0.1, 0.15) is 6.67 Å². The van der Waals surface area contributed by atoms with Gasteiger partial charge in [-0.1, -0.05) is 12.2 Å². The van der Waals surface area contributed by atoms with Crippen molar-refractivity contribution < 1.29 is 19.1 Å². The monoisotopic (exact) mass is 215 g/mol. The van der Waals surface area contributed by atoms with Crippen LogP contribution in [-0.2, 0) is 9.59 Å². The summed E-state index contributed by atoms with van der Waals surface area (Å²) < 4.78 is 12.2. The van der Waals surface area contributed by atoms with Crippen molar-refractivity contribution in [3.05, 3.63) is 12.2 Å². The van der Waals surface area contributed by atoms with E-state index in [4.69, 9.17) is 5.11 Å². The van der Waals surface area contributed by atoms with E-state index in [1.54, 1.807) is 0 Å². The summed E-state index contributed by atoms with van der Waals surface area (Å²) in [5, 5.41) is 10.7. The molecule has 0 fully saturated rings. The maximum absolute atomic E-state index is 12.2. The normalized spacial score (nSPS) is 21.3. The fourth-order valence-corrected chi connectivity index (χ4v) is 1.52. The number of amides is 1. The van der Waals surface area contributed by atoms with Gasteiger partial charge in [0.2, 0.25) is 5.91 Å². The predicted octanol–water partition coefficient (Wildman–Crippen LogP) is 0.882. The summed E-state index contributed by atoms with van der Waals surface area (Å²) in [5.41, 5.74) is 0. The fraction of sp³-hybridized carbons (Fsp3) is 0.600. The molecule has 0 aromatic carbocycles. The first-order valence-corrected chi connectivity index (χ1v) is 4.88. The van der Waals surface area contributed by atoms with Crippen LogP contribution in [0.25, 0.3) is 0 Å². The summed E-state index contributed by atoms with van der Waals surface area (Å²) in [6.45, 7) is -1.08. The van der Waals surface area contributed by atoms with Crippen molar-refractivity contribution in [2.75, 3.05) is 6.67 Å². The number of nitrogens with one attached hydrogen (secondary N) is 1. The third-order valence-electron chi connectivity index (χ3n) is 2.35. The molecule has 1 amide bonds. The Morgan fingerprint density at radius 2 is 2.33 bits per heavy atom. The van der Waals surface area contributed by atoms with E-state index in [9.17, 15) is 14.0 Å². The number of carboxylic acid groups (broad SMARTS) is 1. The van der Waals surface area contributed by atoms with Crippen molar-refractivity contribution in [1.82, 2.24) is 5.32 Å². The molecule has 0 aromatic rings. The van der Waals surface area contributed by atoms with E-state index in [-0.39, 0.29) is 12.3 Å². The van der Waals surface area contributed by atoms with Gasteiger partial charge in [-0.25, -0.2) is 9.18 Å². The highest BCUT2D eigenvalue weighted by Crippen LogP contribution is 2.19. The van der Waals surface area contributed by atoms with Crippen LogP contribution in [0.5, 0.6) is 0 Å². The zero-order valence-electron chi connectivity index (χ0n) is 8.28. The van der Waals surface area contributed by atoms with E-state index >= 15 is 0 Å². The van der Waals surface area contributed by atoms with Crippen LogP contribution in [0.1, 0.15) is 19.3 Å². The molecule has 0 bridgehead atoms. The lowest BCUT2D eigenvalue weighted by Gasteiger charge is -2.12. The Labute approximate surface area is 87.2 Å². The number of carbonyl (C=O) groups excluding carboxylic acids is 1. The molecule has 0 spiro atoms. The maximum Gasteiger partial charge on any atom is 0.328 e. The Morgan fingerprint density at radius 1 is 1.60 bits per heavy atom. The lowest BCUT2D eigenvalue weighted by atomic mass is 10.0. The summed E-state index contributed by atoms with van der Waals surface area (Å²) in [7, 11) is 0. The zero-order valence-corrected chi connectivity index (χ0v) is 8.28. The molecule has 1 rings (SSSR count). The summed E-state index contributed by atoms with van der Waals surface area (Å²) in [5.74, 6) is -1.58. The molecule has 0 radical (unpaired) electrons. The Morgan fingerprint density at radius 3 is 2.80 bits per heavy atom. The molecule has 0 aliphatic heterocycles. The van der Waals surface area contributed by atoms with Crippen LogP contribution in [0, 0.1) is 5.92 Å². The Kier molecular flexibility index (Phi) is 4.27. The lowest BCUT2D eigenvalue weighted by Crippen LogP contribution is -2.42. The highest BCUT2D eigenvalue weighted by molar-refractivity contribution is 5.83. The highest BCUT2D eigenvalue weighted by atomic mass is 19.1. The molecule has 1 aliphatic rings. The Hall–Kier alpha value is -1.39. The first-order valence-electron chi connectivity index (χ1n) is 4.88. The van der Waals surface area contributed by atoms with Gasteiger partial charge in [-0.2, -0.15) is 0 Å². The van der Waals surface area contributed by atoms with E-state index in [0.29, 0.717) is 0 Å². The standard InChI is InChI=1S/C10H14FNO3/c11-6-8(10(14)15)12-9(13)5-7-3-1-2-4-7/h1,3,7-8H,2,4-6H2,(H,12,13)(H,14,15). The number of hydrogen-bond donors (Lipinski definition) is 2. The maximum atomic E-state index is 12.2. The largest absolute Gasteiger partial charge is 0.480 e. The average molecular weight is 215 g/mol. The van der Waals surface area contributed by atoms with Crippen LogP contribution in [0.2, 0.25) is 0 Å². The van der Waals surface area contributed by atoms with Gasteiger partial charge >= 0.3 is 5.97 Å². The van der Waals surface area contributed by atoms with Gasteiger partial charge in [-0.3, -0.25) is 4.79 Å². The van der Waals surface area contributed by atoms with E-state index in [1.807, 2.05) is 12.2 Å². The number of halogens is 1. The first kappa shape index (κ1) is 11.7. The molecule has 2 unspecified atom stereocenters. The van der Waals surface area contributed by atoms with E-state index in [0.717, 1.165) is 12.8 Å². The molecule has 0 aromatic heterocycles. The SMILES string of the molecule is O=C(CC1C=CCC1)NC(CF)C(=O)O. The third kappa shape index (κ3) is 3.69. The molecular formula is C10H14FNO3. The van der Waals surface area contributed by atoms with Crippen LogP contribution in [-0.4, -0.2) is 29.7 Å². The van der Waals surface area contributed by atoms with E-state index in [1.165, 1.54) is 0 Å². The number of rotatable bonds is 5. The first-order chi connectivity index (χ1) is 7.13. The van der Waals surface area contributed by atoms with Crippen molar-refractivity contribution in [2.24, 2.45) is 5.92 Å². The van der Waals surface area contributed by atoms with Crippen LogP contribution >= 0.6 is 0 Å². The van der Waals surface area contributed by atoms with Crippen LogP contribution in [0.3, 0.4) is 0 Å². The third-order valence-corrected chi connectivity index (χ3v) is 2.35. The summed E-state index contributed by atoms with van der Waals surface area (Å²) in [6, 6.07) is -1.41. The van der Waals surface area contributed by atoms with Gasteiger partial charge < -0.3 is 10.4 Å². The molecular weight excluding hydrogens is 201 g/mol. The number of hydrogen-bond acceptors (Lipinski definition) is 2. The number of aliphatic carboxylic acids is 1. The second kappa shape index (κ2) is 5.48. The molecule has 84 valence electrons. The van der Waals surface area contributed by atoms with Crippen LogP contribution in [0.15, 0.2) is 12.2 Å². The molecule has 0 heterocycles. The Bertz CT molecular complexity index is 278. The van der Waals surface area contributed by atoms with Gasteiger partial charge in [-0.05, 0) is 18.8 Å². The molecule has 4 nitrogen and oxygen atoms in total. The van der Waals surface area contributed by atoms with Gasteiger partial charge in [-0.15, -0.1) is 0 Å². The van der Waals surface area contributed by atoms with Crippen LogP contribution in [0.4, 0.5) is 4.39 Å². The zero-order chi connectivity index (χ0) is 11.3. The number of carboxylic acids is 1. The lowest BCUT2D eigenvalue weighted by molar-refractivity contribution is -0.142. The van der Waals surface area contributed by atoms with Gasteiger partial charge in [0.25, 0.3) is 0 Å². The minimum Gasteiger partial charge on any atom is -0.480 e. The molecule has 1 aliphatic carbocycles. The average Bonchev–Trinajstić information content (AvgIpc) is 2.66. The number of carbonyl (C=O) groups is 2. The number of allylic oxidation sites excluding steroid dienone is 2. The van der Waals surface area contributed by atoms with Crippen molar-refractivity contribution in [3.8, 4) is 0 Å². The molecule has 15 heavy (non-hydrogen) atoms. The van der Waals surface area contributed by atoms with Crippen molar-refractivity contribution >= 4 is 11.9 Å². The number of alkyl halides is 1. The second-order valence-electron chi connectivity index (χ2n) is 3.58. The Balaban J connectivity index is 2.33. The molecule has 0 saturated carbocycles. The van der Waals surface area contributed by atoms with Crippen molar-refractivity contribution in [1.29, 1.82) is 0 Å². The van der Waals surface area contributed by atoms with Gasteiger partial charge in [0, 0.05) is 6.42 Å². The van der Waals surface area contributed by atoms with E-state index in [2.05, 4.69) is 5.32 Å². The summed E-state index contributed by atoms with van der Waals surface area (Å²) in [4.78, 5) is 21.7. The van der Waals surface area contributed by atoms with E-state index < -0.39 is 24.6 Å². The van der Waals surface area contributed by atoms with Gasteiger partial charge in [0.05, 0.1) is 0 Å². The summed E-state index contributed by atoms with van der Waals surface area (Å²) in [6.07, 6.45) is 6.01. The van der Waals surface area contributed by atoms with Crippen LogP contribution < -0.4 is 5.32 Å². The second-order valence-corrected chi connectivity index (χ2v) is 3.58. The molecule has 2 N–H and O–H groups in total. The smallest absolute Gasteiger partial charge is 0.328 e.